The molecule has 0 saturated heterocycles. The number of nitrogens with zero attached hydrogens (tertiary/aromatic N) is 4. The SMILES string of the molecule is CCCCn1nnnc1NCc1cc(Br)c(OC(C)C)c(Br)c1. The second-order valence-corrected chi connectivity index (χ2v) is 7.20. The maximum atomic E-state index is 5.79. The van der Waals surface area contributed by atoms with Gasteiger partial charge < -0.3 is 10.1 Å². The summed E-state index contributed by atoms with van der Waals surface area (Å²) in [6.45, 7) is 7.61. The number of unbranched alkanes of at least 4 members (excludes halogenated alkanes) is 1. The fourth-order valence-electron chi connectivity index (χ4n) is 2.03. The summed E-state index contributed by atoms with van der Waals surface area (Å²) in [5, 5.41) is 15.0. The molecule has 0 aliphatic heterocycles. The van der Waals surface area contributed by atoms with E-state index in [4.69, 9.17) is 4.74 Å². The predicted molar refractivity (Wildman–Crippen MR) is 97.7 cm³/mol. The van der Waals surface area contributed by atoms with Gasteiger partial charge in [-0.1, -0.05) is 18.4 Å². The van der Waals surface area contributed by atoms with E-state index in [9.17, 15) is 0 Å². The van der Waals surface area contributed by atoms with Gasteiger partial charge >= 0.3 is 0 Å². The molecule has 0 amide bonds. The predicted octanol–water partition coefficient (Wildman–Crippen LogP) is 4.40. The van der Waals surface area contributed by atoms with Crippen molar-refractivity contribution in [2.45, 2.75) is 52.8 Å². The van der Waals surface area contributed by atoms with Gasteiger partial charge in [-0.15, -0.1) is 0 Å². The molecule has 0 aliphatic rings. The molecule has 1 N–H and O–H groups in total. The lowest BCUT2D eigenvalue weighted by Crippen LogP contribution is -2.10. The number of hydrogen-bond acceptors (Lipinski definition) is 5. The van der Waals surface area contributed by atoms with Gasteiger partial charge in [-0.05, 0) is 80.3 Å². The van der Waals surface area contributed by atoms with Crippen LogP contribution in [0.5, 0.6) is 5.75 Å². The van der Waals surface area contributed by atoms with E-state index in [2.05, 4.69) is 59.6 Å². The first-order chi connectivity index (χ1) is 11.0. The van der Waals surface area contributed by atoms with Crippen LogP contribution in [0.25, 0.3) is 0 Å². The maximum absolute atomic E-state index is 5.79. The first kappa shape index (κ1) is 18.2. The monoisotopic (exact) mass is 445 g/mol. The molecule has 2 aromatic rings. The van der Waals surface area contributed by atoms with Crippen molar-refractivity contribution < 1.29 is 4.74 Å². The minimum absolute atomic E-state index is 0.120. The molecule has 0 saturated carbocycles. The molecule has 0 aliphatic carbocycles. The second-order valence-electron chi connectivity index (χ2n) is 5.49. The first-order valence-electron chi connectivity index (χ1n) is 7.65. The second kappa shape index (κ2) is 8.63. The van der Waals surface area contributed by atoms with Gasteiger partial charge in [-0.3, -0.25) is 0 Å². The van der Waals surface area contributed by atoms with E-state index in [0.717, 1.165) is 39.6 Å². The number of aryl methyl sites for hydroxylation is 1. The van der Waals surface area contributed by atoms with Crippen molar-refractivity contribution in [3.63, 3.8) is 0 Å². The van der Waals surface area contributed by atoms with Crippen LogP contribution in [-0.4, -0.2) is 26.3 Å². The van der Waals surface area contributed by atoms with Gasteiger partial charge in [0.2, 0.25) is 5.95 Å². The molecule has 126 valence electrons. The van der Waals surface area contributed by atoms with Gasteiger partial charge in [0.15, 0.2) is 0 Å². The highest BCUT2D eigenvalue weighted by molar-refractivity contribution is 9.11. The average molecular weight is 447 g/mol. The zero-order valence-corrected chi connectivity index (χ0v) is 16.7. The summed E-state index contributed by atoms with van der Waals surface area (Å²) in [7, 11) is 0. The van der Waals surface area contributed by atoms with E-state index >= 15 is 0 Å². The number of ether oxygens (including phenoxy) is 1. The Hall–Kier alpha value is -1.15. The Kier molecular flexibility index (Phi) is 6.83. The van der Waals surface area contributed by atoms with Crippen LogP contribution in [0, 0.1) is 0 Å². The summed E-state index contributed by atoms with van der Waals surface area (Å²) in [6.07, 6.45) is 2.28. The number of anilines is 1. The van der Waals surface area contributed by atoms with E-state index in [1.807, 2.05) is 26.0 Å². The van der Waals surface area contributed by atoms with Crippen LogP contribution in [-0.2, 0) is 13.1 Å². The highest BCUT2D eigenvalue weighted by Crippen LogP contribution is 2.35. The van der Waals surface area contributed by atoms with Crippen molar-refractivity contribution in [3.8, 4) is 5.75 Å². The lowest BCUT2D eigenvalue weighted by molar-refractivity contribution is 0.239. The molecule has 2 rings (SSSR count). The van der Waals surface area contributed by atoms with E-state index in [-0.39, 0.29) is 6.10 Å². The molecule has 8 heteroatoms. The molecule has 0 unspecified atom stereocenters. The number of aromatic nitrogens is 4. The van der Waals surface area contributed by atoms with Crippen molar-refractivity contribution in [3.05, 3.63) is 26.6 Å². The zero-order chi connectivity index (χ0) is 16.8. The summed E-state index contributed by atoms with van der Waals surface area (Å²) < 4.78 is 9.43. The minimum atomic E-state index is 0.120. The number of hydrogen-bond donors (Lipinski definition) is 1. The van der Waals surface area contributed by atoms with Crippen molar-refractivity contribution in [1.29, 1.82) is 0 Å². The topological polar surface area (TPSA) is 64.9 Å². The summed E-state index contributed by atoms with van der Waals surface area (Å²) in [6, 6.07) is 4.07. The molecule has 6 nitrogen and oxygen atoms in total. The third kappa shape index (κ3) is 5.17. The number of benzene rings is 1. The normalized spacial score (nSPS) is 11.0. The Morgan fingerprint density at radius 3 is 2.57 bits per heavy atom. The van der Waals surface area contributed by atoms with Crippen molar-refractivity contribution in [1.82, 2.24) is 20.2 Å². The standard InChI is InChI=1S/C15H21Br2N5O/c1-4-5-6-22-15(19-20-21-22)18-9-11-7-12(16)14(13(17)8-11)23-10(2)3/h7-8,10H,4-6,9H2,1-3H3,(H,18,19,21). The summed E-state index contributed by atoms with van der Waals surface area (Å²) in [4.78, 5) is 0. The fraction of sp³-hybridized carbons (Fsp3) is 0.533. The minimum Gasteiger partial charge on any atom is -0.489 e. The molecule has 0 spiro atoms. The van der Waals surface area contributed by atoms with Crippen molar-refractivity contribution in [2.75, 3.05) is 5.32 Å². The van der Waals surface area contributed by atoms with Gasteiger partial charge in [0.25, 0.3) is 0 Å². The molecule has 0 atom stereocenters. The van der Waals surface area contributed by atoms with Gasteiger partial charge in [0.05, 0.1) is 15.0 Å². The van der Waals surface area contributed by atoms with Gasteiger partial charge in [0, 0.05) is 13.1 Å². The molecule has 1 heterocycles. The van der Waals surface area contributed by atoms with Crippen LogP contribution >= 0.6 is 31.9 Å². The van der Waals surface area contributed by atoms with Gasteiger partial charge in [0.1, 0.15) is 5.75 Å². The average Bonchev–Trinajstić information content (AvgIpc) is 2.94. The summed E-state index contributed by atoms with van der Waals surface area (Å²) in [5.41, 5.74) is 1.10. The van der Waals surface area contributed by atoms with Crippen LogP contribution < -0.4 is 10.1 Å². The summed E-state index contributed by atoms with van der Waals surface area (Å²) in [5.74, 6) is 1.50. The van der Waals surface area contributed by atoms with Crippen LogP contribution in [0.15, 0.2) is 21.1 Å². The fourth-order valence-corrected chi connectivity index (χ4v) is 3.50. The third-order valence-corrected chi connectivity index (χ3v) is 4.30. The smallest absolute Gasteiger partial charge is 0.243 e. The molecule has 0 radical (unpaired) electrons. The molecule has 0 bridgehead atoms. The molecule has 23 heavy (non-hydrogen) atoms. The Bertz CT molecular complexity index is 622. The van der Waals surface area contributed by atoms with E-state index in [0.29, 0.717) is 12.5 Å². The Morgan fingerprint density at radius 2 is 1.96 bits per heavy atom. The van der Waals surface area contributed by atoms with Crippen LogP contribution in [0.2, 0.25) is 0 Å². The molecule has 1 aromatic carbocycles. The Balaban J connectivity index is 2.05. The number of nitrogens with one attached hydrogen (secondary N) is 1. The van der Waals surface area contributed by atoms with Gasteiger partial charge in [-0.25, -0.2) is 4.68 Å². The highest BCUT2D eigenvalue weighted by atomic mass is 79.9. The molecular formula is C15H21Br2N5O. The van der Waals surface area contributed by atoms with Crippen LogP contribution in [0.1, 0.15) is 39.2 Å². The van der Waals surface area contributed by atoms with E-state index < -0.39 is 0 Å². The Morgan fingerprint density at radius 1 is 1.26 bits per heavy atom. The number of halogens is 2. The molecule has 1 aromatic heterocycles. The van der Waals surface area contributed by atoms with Crippen LogP contribution in [0.3, 0.4) is 0 Å². The molecular weight excluding hydrogens is 426 g/mol. The molecule has 0 fully saturated rings. The van der Waals surface area contributed by atoms with Gasteiger partial charge in [-0.2, -0.15) is 0 Å². The highest BCUT2D eigenvalue weighted by Gasteiger charge is 2.11. The largest absolute Gasteiger partial charge is 0.489 e. The number of tetrazole rings is 1. The van der Waals surface area contributed by atoms with E-state index in [1.54, 1.807) is 4.68 Å². The Labute approximate surface area is 153 Å². The van der Waals surface area contributed by atoms with Crippen molar-refractivity contribution >= 4 is 37.8 Å². The summed E-state index contributed by atoms with van der Waals surface area (Å²) >= 11 is 7.13. The van der Waals surface area contributed by atoms with Crippen molar-refractivity contribution in [2.24, 2.45) is 0 Å². The lowest BCUT2D eigenvalue weighted by atomic mass is 10.2. The van der Waals surface area contributed by atoms with E-state index in [1.165, 1.54) is 0 Å². The first-order valence-corrected chi connectivity index (χ1v) is 9.24. The lowest BCUT2D eigenvalue weighted by Gasteiger charge is -2.15. The number of rotatable bonds is 8. The quantitative estimate of drug-likeness (QED) is 0.650. The van der Waals surface area contributed by atoms with Crippen LogP contribution in [0.4, 0.5) is 5.95 Å². The third-order valence-electron chi connectivity index (χ3n) is 3.12. The maximum Gasteiger partial charge on any atom is 0.243 e. The zero-order valence-electron chi connectivity index (χ0n) is 13.5.